The van der Waals surface area contributed by atoms with Crippen LogP contribution in [-0.4, -0.2) is 22.0 Å². The number of benzene rings is 1. The maximum Gasteiger partial charge on any atom is 0.349 e. The number of nitrogens with one attached hydrogen (secondary N) is 1. The Hall–Kier alpha value is -2.46. The highest BCUT2D eigenvalue weighted by atomic mass is 79.9. The van der Waals surface area contributed by atoms with Gasteiger partial charge in [0.05, 0.1) is 16.5 Å². The van der Waals surface area contributed by atoms with Crippen molar-refractivity contribution in [3.63, 3.8) is 0 Å². The molecular weight excluding hydrogens is 346 g/mol. The summed E-state index contributed by atoms with van der Waals surface area (Å²) in [4.78, 5) is 17.8. The number of anilines is 1. The van der Waals surface area contributed by atoms with E-state index in [1.54, 1.807) is 18.2 Å². The number of halogens is 1. The van der Waals surface area contributed by atoms with E-state index in [1.807, 2.05) is 0 Å². The van der Waals surface area contributed by atoms with Crippen molar-refractivity contribution in [2.75, 3.05) is 12.5 Å². The van der Waals surface area contributed by atoms with Crippen LogP contribution in [0.25, 0.3) is 0 Å². The van der Waals surface area contributed by atoms with Gasteiger partial charge >= 0.3 is 11.6 Å². The minimum absolute atomic E-state index is 0.000217. The Kier molecular flexibility index (Phi) is 4.50. The van der Waals surface area contributed by atoms with Crippen molar-refractivity contribution in [3.05, 3.63) is 39.0 Å². The number of nitrogens with zero attached hydrogens (tertiary/aromatic N) is 3. The molecule has 0 aliphatic carbocycles. The summed E-state index contributed by atoms with van der Waals surface area (Å²) in [5.41, 5.74) is 1.82. The van der Waals surface area contributed by atoms with Crippen LogP contribution in [0, 0.1) is 10.1 Å². The van der Waals surface area contributed by atoms with Crippen LogP contribution in [0.5, 0.6) is 17.4 Å². The first kappa shape index (κ1) is 14.9. The van der Waals surface area contributed by atoms with Crippen LogP contribution in [0.4, 0.5) is 11.6 Å². The fraction of sp³-hybridized carbons (Fsp3) is 0.0909. The van der Waals surface area contributed by atoms with Crippen LogP contribution in [0.2, 0.25) is 0 Å². The van der Waals surface area contributed by atoms with E-state index in [0.29, 0.717) is 16.0 Å². The molecule has 0 fully saturated rings. The number of aromatic nitrogens is 2. The fourth-order valence-electron chi connectivity index (χ4n) is 1.43. The molecule has 1 aromatic heterocycles. The minimum Gasteiger partial charge on any atom is -0.497 e. The molecule has 0 aliphatic heterocycles. The summed E-state index contributed by atoms with van der Waals surface area (Å²) in [7, 11) is 1.52. The van der Waals surface area contributed by atoms with E-state index in [0.717, 1.165) is 6.20 Å². The van der Waals surface area contributed by atoms with Gasteiger partial charge in [-0.15, -0.1) is 0 Å². The summed E-state index contributed by atoms with van der Waals surface area (Å²) in [6.45, 7) is 0. The van der Waals surface area contributed by atoms with Gasteiger partial charge in [0.2, 0.25) is 5.95 Å². The predicted molar refractivity (Wildman–Crippen MR) is 77.3 cm³/mol. The summed E-state index contributed by atoms with van der Waals surface area (Å²) in [5.74, 6) is 5.89. The van der Waals surface area contributed by atoms with E-state index >= 15 is 0 Å². The SMILES string of the molecule is COc1ccc(Oc2nc(NN)ncc2[N+](=O)[O-])c(Br)c1. The topological polar surface area (TPSA) is 125 Å². The van der Waals surface area contributed by atoms with Crippen LogP contribution in [0.1, 0.15) is 0 Å². The average Bonchev–Trinajstić information content (AvgIpc) is 2.48. The number of hydrogen-bond acceptors (Lipinski definition) is 8. The highest BCUT2D eigenvalue weighted by molar-refractivity contribution is 9.10. The third-order valence-corrected chi connectivity index (χ3v) is 3.03. The first-order valence-electron chi connectivity index (χ1n) is 5.54. The Balaban J connectivity index is 2.40. The van der Waals surface area contributed by atoms with Crippen molar-refractivity contribution in [1.82, 2.24) is 9.97 Å². The molecular formula is C11H10BrN5O4. The number of nitro groups is 1. The first-order chi connectivity index (χ1) is 10.0. The molecule has 0 saturated heterocycles. The third kappa shape index (κ3) is 3.35. The number of hydrazine groups is 1. The number of hydrogen-bond donors (Lipinski definition) is 2. The Bertz CT molecular complexity index is 682. The van der Waals surface area contributed by atoms with Crippen LogP contribution < -0.4 is 20.7 Å². The minimum atomic E-state index is -0.646. The molecule has 3 N–H and O–H groups in total. The molecule has 0 saturated carbocycles. The smallest absolute Gasteiger partial charge is 0.349 e. The Morgan fingerprint density at radius 3 is 2.81 bits per heavy atom. The van der Waals surface area contributed by atoms with Gasteiger partial charge in [-0.05, 0) is 34.1 Å². The maximum absolute atomic E-state index is 11.0. The molecule has 1 heterocycles. The molecule has 9 nitrogen and oxygen atoms in total. The highest BCUT2D eigenvalue weighted by Gasteiger charge is 2.20. The molecule has 1 aromatic carbocycles. The maximum atomic E-state index is 11.0. The lowest BCUT2D eigenvalue weighted by atomic mass is 10.3. The normalized spacial score (nSPS) is 10.0. The monoisotopic (exact) mass is 355 g/mol. The van der Waals surface area contributed by atoms with Crippen molar-refractivity contribution in [3.8, 4) is 17.4 Å². The molecule has 0 amide bonds. The summed E-state index contributed by atoms with van der Waals surface area (Å²) in [5, 5.41) is 11.0. The zero-order valence-electron chi connectivity index (χ0n) is 10.7. The molecule has 0 spiro atoms. The standard InChI is InChI=1S/C11H10BrN5O4/c1-20-6-2-3-9(7(12)4-6)21-10-8(17(18)19)5-14-11(15-10)16-13/h2-5H,13H2,1H3,(H,14,15,16). The molecule has 10 heteroatoms. The average molecular weight is 356 g/mol. The van der Waals surface area contributed by atoms with Crippen LogP contribution in [0.3, 0.4) is 0 Å². The molecule has 2 rings (SSSR count). The number of nitrogen functional groups attached to an aromatic ring is 1. The lowest BCUT2D eigenvalue weighted by Gasteiger charge is -2.09. The predicted octanol–water partition coefficient (Wildman–Crippen LogP) is 2.23. The summed E-state index contributed by atoms with van der Waals surface area (Å²) >= 11 is 3.28. The van der Waals surface area contributed by atoms with E-state index in [9.17, 15) is 10.1 Å². The van der Waals surface area contributed by atoms with Gasteiger partial charge in [0.15, 0.2) is 0 Å². The molecule has 0 unspecified atom stereocenters. The molecule has 21 heavy (non-hydrogen) atoms. The van der Waals surface area contributed by atoms with Gasteiger partial charge in [0, 0.05) is 0 Å². The van der Waals surface area contributed by atoms with E-state index in [2.05, 4.69) is 31.3 Å². The Morgan fingerprint density at radius 2 is 2.24 bits per heavy atom. The van der Waals surface area contributed by atoms with Crippen molar-refractivity contribution < 1.29 is 14.4 Å². The van der Waals surface area contributed by atoms with Crippen molar-refractivity contribution in [1.29, 1.82) is 0 Å². The summed E-state index contributed by atoms with van der Waals surface area (Å²) < 4.78 is 11.1. The van der Waals surface area contributed by atoms with Gasteiger partial charge in [-0.2, -0.15) is 4.98 Å². The zero-order chi connectivity index (χ0) is 15.4. The molecule has 0 radical (unpaired) electrons. The van der Waals surface area contributed by atoms with Gasteiger partial charge in [-0.25, -0.2) is 10.8 Å². The van der Waals surface area contributed by atoms with Crippen LogP contribution in [0.15, 0.2) is 28.9 Å². The third-order valence-electron chi connectivity index (χ3n) is 2.41. The van der Waals surface area contributed by atoms with Gasteiger partial charge in [-0.3, -0.25) is 15.5 Å². The number of methoxy groups -OCH3 is 1. The van der Waals surface area contributed by atoms with E-state index in [4.69, 9.17) is 15.3 Å². The molecule has 110 valence electrons. The van der Waals surface area contributed by atoms with E-state index in [-0.39, 0.29) is 17.5 Å². The molecule has 0 aliphatic rings. The van der Waals surface area contributed by atoms with E-state index in [1.165, 1.54) is 7.11 Å². The van der Waals surface area contributed by atoms with Gasteiger partial charge in [0.1, 0.15) is 17.7 Å². The van der Waals surface area contributed by atoms with Crippen molar-refractivity contribution in [2.45, 2.75) is 0 Å². The zero-order valence-corrected chi connectivity index (χ0v) is 12.3. The lowest BCUT2D eigenvalue weighted by Crippen LogP contribution is -2.11. The molecule has 0 atom stereocenters. The Labute approximate surface area is 127 Å². The molecule has 0 bridgehead atoms. The number of rotatable bonds is 5. The van der Waals surface area contributed by atoms with Crippen LogP contribution >= 0.6 is 15.9 Å². The number of ether oxygens (including phenoxy) is 2. The lowest BCUT2D eigenvalue weighted by molar-refractivity contribution is -0.386. The van der Waals surface area contributed by atoms with E-state index < -0.39 is 4.92 Å². The number of nitrogens with two attached hydrogens (primary N) is 1. The van der Waals surface area contributed by atoms with Gasteiger partial charge in [-0.1, -0.05) is 0 Å². The molecule has 2 aromatic rings. The first-order valence-corrected chi connectivity index (χ1v) is 6.34. The summed E-state index contributed by atoms with van der Waals surface area (Å²) in [6, 6.07) is 4.89. The Morgan fingerprint density at radius 1 is 1.48 bits per heavy atom. The second-order valence-electron chi connectivity index (χ2n) is 3.68. The van der Waals surface area contributed by atoms with Crippen molar-refractivity contribution in [2.24, 2.45) is 5.84 Å². The van der Waals surface area contributed by atoms with Gasteiger partial charge < -0.3 is 9.47 Å². The fourth-order valence-corrected chi connectivity index (χ4v) is 1.86. The second kappa shape index (κ2) is 6.33. The highest BCUT2D eigenvalue weighted by Crippen LogP contribution is 2.35. The van der Waals surface area contributed by atoms with Crippen LogP contribution in [-0.2, 0) is 0 Å². The quantitative estimate of drug-likeness (QED) is 0.475. The second-order valence-corrected chi connectivity index (χ2v) is 4.54. The van der Waals surface area contributed by atoms with Gasteiger partial charge in [0.25, 0.3) is 0 Å². The van der Waals surface area contributed by atoms with Crippen molar-refractivity contribution >= 4 is 27.6 Å². The largest absolute Gasteiger partial charge is 0.497 e. The summed E-state index contributed by atoms with van der Waals surface area (Å²) in [6.07, 6.45) is 1.01.